The van der Waals surface area contributed by atoms with E-state index in [1.165, 1.54) is 0 Å². The molecule has 5 nitrogen and oxygen atoms in total. The molecule has 3 rings (SSSR count). The molecule has 1 aliphatic heterocycles. The van der Waals surface area contributed by atoms with Crippen molar-refractivity contribution >= 4 is 11.6 Å². The molecule has 1 N–H and O–H groups in total. The number of para-hydroxylation sites is 3. The summed E-state index contributed by atoms with van der Waals surface area (Å²) >= 11 is 0. The molecule has 1 fully saturated rings. The average molecular weight is 340 g/mol. The zero-order valence-electron chi connectivity index (χ0n) is 14.6. The summed E-state index contributed by atoms with van der Waals surface area (Å²) in [5.41, 5.74) is 0.672. The second-order valence-electron chi connectivity index (χ2n) is 6.41. The molecule has 1 amide bonds. The van der Waals surface area contributed by atoms with E-state index in [1.807, 2.05) is 68.4 Å². The first-order valence-corrected chi connectivity index (χ1v) is 8.60. The molecule has 132 valence electrons. The quantitative estimate of drug-likeness (QED) is 0.905. The van der Waals surface area contributed by atoms with E-state index in [1.54, 1.807) is 0 Å². The topological polar surface area (TPSA) is 50.8 Å². The molecule has 5 heteroatoms. The number of morpholine rings is 1. The Morgan fingerprint density at radius 1 is 1.08 bits per heavy atom. The first kappa shape index (κ1) is 17.5. The normalized spacial score (nSPS) is 20.9. The molecule has 0 bridgehead atoms. The van der Waals surface area contributed by atoms with Gasteiger partial charge in [0.05, 0.1) is 24.4 Å². The SMILES string of the molecule is C[C@H]1CN(CC(=O)Nc2ccccc2Oc2ccccc2)C[C@H](C)O1. The van der Waals surface area contributed by atoms with Crippen LogP contribution in [0.15, 0.2) is 54.6 Å². The van der Waals surface area contributed by atoms with Gasteiger partial charge in [-0.05, 0) is 38.1 Å². The summed E-state index contributed by atoms with van der Waals surface area (Å²) in [5, 5.41) is 2.96. The Labute approximate surface area is 148 Å². The van der Waals surface area contributed by atoms with E-state index in [0.29, 0.717) is 18.0 Å². The van der Waals surface area contributed by atoms with Crippen LogP contribution in [-0.4, -0.2) is 42.6 Å². The summed E-state index contributed by atoms with van der Waals surface area (Å²) in [4.78, 5) is 14.6. The molecular formula is C20H24N2O3. The minimum Gasteiger partial charge on any atom is -0.455 e. The smallest absolute Gasteiger partial charge is 0.238 e. The van der Waals surface area contributed by atoms with Crippen molar-refractivity contribution in [2.24, 2.45) is 0 Å². The van der Waals surface area contributed by atoms with Gasteiger partial charge < -0.3 is 14.8 Å². The van der Waals surface area contributed by atoms with Crippen LogP contribution in [0.2, 0.25) is 0 Å². The van der Waals surface area contributed by atoms with Crippen LogP contribution in [0.25, 0.3) is 0 Å². The number of ether oxygens (including phenoxy) is 2. The summed E-state index contributed by atoms with van der Waals surface area (Å²) in [6.07, 6.45) is 0.288. The maximum absolute atomic E-state index is 12.4. The molecule has 2 aromatic carbocycles. The van der Waals surface area contributed by atoms with Crippen LogP contribution < -0.4 is 10.1 Å². The van der Waals surface area contributed by atoms with E-state index in [-0.39, 0.29) is 18.1 Å². The lowest BCUT2D eigenvalue weighted by Crippen LogP contribution is -2.48. The number of hydrogen-bond donors (Lipinski definition) is 1. The Balaban J connectivity index is 1.63. The van der Waals surface area contributed by atoms with E-state index in [0.717, 1.165) is 18.8 Å². The largest absolute Gasteiger partial charge is 0.455 e. The highest BCUT2D eigenvalue weighted by Crippen LogP contribution is 2.29. The van der Waals surface area contributed by atoms with Crippen molar-refractivity contribution < 1.29 is 14.3 Å². The highest BCUT2D eigenvalue weighted by molar-refractivity contribution is 5.93. The minimum atomic E-state index is -0.0505. The van der Waals surface area contributed by atoms with E-state index in [9.17, 15) is 4.79 Å². The van der Waals surface area contributed by atoms with Crippen molar-refractivity contribution in [1.29, 1.82) is 0 Å². The summed E-state index contributed by atoms with van der Waals surface area (Å²) < 4.78 is 11.6. The van der Waals surface area contributed by atoms with E-state index in [2.05, 4.69) is 10.2 Å². The van der Waals surface area contributed by atoms with Crippen molar-refractivity contribution in [3.8, 4) is 11.5 Å². The highest BCUT2D eigenvalue weighted by Gasteiger charge is 2.23. The van der Waals surface area contributed by atoms with Crippen molar-refractivity contribution in [3.05, 3.63) is 54.6 Å². The number of nitrogens with one attached hydrogen (secondary N) is 1. The lowest BCUT2D eigenvalue weighted by atomic mass is 10.2. The maximum Gasteiger partial charge on any atom is 0.238 e. The van der Waals surface area contributed by atoms with Crippen LogP contribution in [0.4, 0.5) is 5.69 Å². The van der Waals surface area contributed by atoms with Gasteiger partial charge in [-0.15, -0.1) is 0 Å². The molecule has 2 aromatic rings. The molecule has 0 aromatic heterocycles. The van der Waals surface area contributed by atoms with Crippen molar-refractivity contribution in [2.75, 3.05) is 25.0 Å². The first-order valence-electron chi connectivity index (χ1n) is 8.60. The van der Waals surface area contributed by atoms with Gasteiger partial charge in [0.2, 0.25) is 5.91 Å². The molecular weight excluding hydrogens is 316 g/mol. The van der Waals surface area contributed by atoms with E-state index in [4.69, 9.17) is 9.47 Å². The summed E-state index contributed by atoms with van der Waals surface area (Å²) in [5.74, 6) is 1.32. The van der Waals surface area contributed by atoms with Gasteiger partial charge in [0, 0.05) is 13.1 Å². The summed E-state index contributed by atoms with van der Waals surface area (Å²) in [7, 11) is 0. The van der Waals surface area contributed by atoms with Crippen LogP contribution in [0.1, 0.15) is 13.8 Å². The maximum atomic E-state index is 12.4. The highest BCUT2D eigenvalue weighted by atomic mass is 16.5. The third kappa shape index (κ3) is 5.05. The Hall–Kier alpha value is -2.37. The van der Waals surface area contributed by atoms with Gasteiger partial charge in [-0.3, -0.25) is 9.69 Å². The summed E-state index contributed by atoms with van der Waals surface area (Å²) in [6.45, 7) is 5.94. The molecule has 0 saturated carbocycles. The van der Waals surface area contributed by atoms with Crippen LogP contribution in [0, 0.1) is 0 Å². The molecule has 1 aliphatic rings. The molecule has 1 saturated heterocycles. The van der Waals surface area contributed by atoms with Gasteiger partial charge in [0.15, 0.2) is 5.75 Å². The number of carbonyl (C=O) groups is 1. The van der Waals surface area contributed by atoms with Gasteiger partial charge in [-0.25, -0.2) is 0 Å². The summed E-state index contributed by atoms with van der Waals surface area (Å²) in [6, 6.07) is 17.0. The number of benzene rings is 2. The number of amides is 1. The van der Waals surface area contributed by atoms with E-state index >= 15 is 0 Å². The number of hydrogen-bond acceptors (Lipinski definition) is 4. The third-order valence-corrected chi connectivity index (χ3v) is 3.99. The van der Waals surface area contributed by atoms with Gasteiger partial charge in [0.1, 0.15) is 5.75 Å². The molecule has 0 aliphatic carbocycles. The lowest BCUT2D eigenvalue weighted by Gasteiger charge is -2.34. The predicted molar refractivity (Wildman–Crippen MR) is 98.0 cm³/mol. The van der Waals surface area contributed by atoms with Crippen molar-refractivity contribution in [2.45, 2.75) is 26.1 Å². The first-order chi connectivity index (χ1) is 12.1. The average Bonchev–Trinajstić information content (AvgIpc) is 2.56. The van der Waals surface area contributed by atoms with Gasteiger partial charge in [0.25, 0.3) is 0 Å². The Morgan fingerprint density at radius 3 is 2.44 bits per heavy atom. The Morgan fingerprint density at radius 2 is 1.72 bits per heavy atom. The molecule has 0 unspecified atom stereocenters. The van der Waals surface area contributed by atoms with Gasteiger partial charge >= 0.3 is 0 Å². The predicted octanol–water partition coefficient (Wildman–Crippen LogP) is 3.53. The fourth-order valence-corrected chi connectivity index (χ4v) is 3.08. The van der Waals surface area contributed by atoms with Crippen LogP contribution >= 0.6 is 0 Å². The minimum absolute atomic E-state index is 0.0505. The molecule has 25 heavy (non-hydrogen) atoms. The lowest BCUT2D eigenvalue weighted by molar-refractivity contribution is -0.121. The standard InChI is InChI=1S/C20H24N2O3/c1-15-12-22(13-16(2)24-15)14-20(23)21-18-10-6-7-11-19(18)25-17-8-4-3-5-9-17/h3-11,15-16H,12-14H2,1-2H3,(H,21,23)/t15-,16-/m0/s1. The Bertz CT molecular complexity index is 695. The monoisotopic (exact) mass is 340 g/mol. The van der Waals surface area contributed by atoms with Crippen LogP contribution in [0.5, 0.6) is 11.5 Å². The number of nitrogens with zero attached hydrogens (tertiary/aromatic N) is 1. The van der Waals surface area contributed by atoms with Crippen molar-refractivity contribution in [3.63, 3.8) is 0 Å². The molecule has 2 atom stereocenters. The zero-order valence-corrected chi connectivity index (χ0v) is 14.6. The van der Waals surface area contributed by atoms with Crippen LogP contribution in [-0.2, 0) is 9.53 Å². The number of carbonyl (C=O) groups excluding carboxylic acids is 1. The Kier molecular flexibility index (Phi) is 5.68. The fraction of sp³-hybridized carbons (Fsp3) is 0.350. The van der Waals surface area contributed by atoms with Crippen molar-refractivity contribution in [1.82, 2.24) is 4.90 Å². The van der Waals surface area contributed by atoms with Gasteiger partial charge in [-0.1, -0.05) is 30.3 Å². The zero-order chi connectivity index (χ0) is 17.6. The number of rotatable bonds is 5. The van der Waals surface area contributed by atoms with E-state index < -0.39 is 0 Å². The molecule has 0 radical (unpaired) electrons. The number of anilines is 1. The molecule has 1 heterocycles. The van der Waals surface area contributed by atoms with Gasteiger partial charge in [-0.2, -0.15) is 0 Å². The van der Waals surface area contributed by atoms with Crippen LogP contribution in [0.3, 0.4) is 0 Å². The fourth-order valence-electron chi connectivity index (χ4n) is 3.08. The second kappa shape index (κ2) is 8.14. The molecule has 0 spiro atoms. The second-order valence-corrected chi connectivity index (χ2v) is 6.41. The third-order valence-electron chi connectivity index (χ3n) is 3.99.